The van der Waals surface area contributed by atoms with E-state index in [2.05, 4.69) is 29.2 Å². The number of carbonyl (C=O) groups is 1. The Labute approximate surface area is 88.9 Å². The first-order valence-corrected chi connectivity index (χ1v) is 5.69. The zero-order valence-corrected chi connectivity index (χ0v) is 9.47. The molecule has 0 saturated carbocycles. The number of aryl methyl sites for hydroxylation is 1. The smallest absolute Gasteiger partial charge is 0.305 e. The van der Waals surface area contributed by atoms with Gasteiger partial charge in [-0.25, -0.2) is 0 Å². The molecule has 3 heteroatoms. The summed E-state index contributed by atoms with van der Waals surface area (Å²) in [6, 6.07) is 4.19. The molecule has 1 heterocycles. The number of thiophene rings is 1. The Morgan fingerprint density at radius 1 is 1.64 bits per heavy atom. The van der Waals surface area contributed by atoms with Gasteiger partial charge < -0.3 is 4.74 Å². The van der Waals surface area contributed by atoms with Crippen molar-refractivity contribution in [2.75, 3.05) is 7.11 Å². The monoisotopic (exact) mass is 212 g/mol. The molecule has 1 aromatic heterocycles. The summed E-state index contributed by atoms with van der Waals surface area (Å²) >= 11 is 1.77. The molecule has 14 heavy (non-hydrogen) atoms. The van der Waals surface area contributed by atoms with Gasteiger partial charge in [0.15, 0.2) is 0 Å². The van der Waals surface area contributed by atoms with Crippen molar-refractivity contribution in [3.05, 3.63) is 22.4 Å². The van der Waals surface area contributed by atoms with Crippen molar-refractivity contribution < 1.29 is 9.53 Å². The molecular formula is C11H16O2S. The van der Waals surface area contributed by atoms with Crippen LogP contribution in [0.4, 0.5) is 0 Å². The third kappa shape index (κ3) is 3.92. The van der Waals surface area contributed by atoms with Crippen molar-refractivity contribution in [1.82, 2.24) is 0 Å². The Morgan fingerprint density at radius 2 is 2.43 bits per heavy atom. The third-order valence-corrected chi connectivity index (χ3v) is 3.14. The van der Waals surface area contributed by atoms with Gasteiger partial charge in [0.1, 0.15) is 0 Å². The van der Waals surface area contributed by atoms with Crippen molar-refractivity contribution in [2.45, 2.75) is 26.2 Å². The minimum atomic E-state index is -0.108. The number of methoxy groups -OCH3 is 1. The molecular weight excluding hydrogens is 196 g/mol. The van der Waals surface area contributed by atoms with Gasteiger partial charge in [0.05, 0.1) is 7.11 Å². The lowest BCUT2D eigenvalue weighted by Crippen LogP contribution is -2.07. The zero-order chi connectivity index (χ0) is 10.4. The van der Waals surface area contributed by atoms with Crippen LogP contribution in [-0.4, -0.2) is 13.1 Å². The highest BCUT2D eigenvalue weighted by atomic mass is 32.1. The van der Waals surface area contributed by atoms with Gasteiger partial charge in [-0.2, -0.15) is 0 Å². The van der Waals surface area contributed by atoms with E-state index in [1.165, 1.54) is 12.0 Å². The molecule has 1 atom stereocenters. The van der Waals surface area contributed by atoms with E-state index in [0.29, 0.717) is 12.3 Å². The van der Waals surface area contributed by atoms with Gasteiger partial charge in [0.2, 0.25) is 0 Å². The van der Waals surface area contributed by atoms with Crippen molar-refractivity contribution in [1.29, 1.82) is 0 Å². The number of hydrogen-bond acceptors (Lipinski definition) is 3. The molecule has 1 aromatic rings. The second-order valence-corrected chi connectivity index (χ2v) is 4.54. The van der Waals surface area contributed by atoms with Crippen molar-refractivity contribution in [3.63, 3.8) is 0 Å². The summed E-state index contributed by atoms with van der Waals surface area (Å²) in [5, 5.41) is 2.08. The highest BCUT2D eigenvalue weighted by Gasteiger charge is 2.09. The third-order valence-electron chi connectivity index (χ3n) is 2.21. The Kier molecular flexibility index (Phi) is 4.66. The lowest BCUT2D eigenvalue weighted by Gasteiger charge is -2.08. The fraction of sp³-hybridized carbons (Fsp3) is 0.545. The SMILES string of the molecule is COC(=O)CC(C)CCc1cccs1. The quantitative estimate of drug-likeness (QED) is 0.701. The highest BCUT2D eigenvalue weighted by molar-refractivity contribution is 7.09. The Morgan fingerprint density at radius 3 is 3.00 bits per heavy atom. The van der Waals surface area contributed by atoms with Crippen LogP contribution in [-0.2, 0) is 16.0 Å². The average Bonchev–Trinajstić information content (AvgIpc) is 2.67. The van der Waals surface area contributed by atoms with E-state index in [9.17, 15) is 4.79 Å². The number of hydrogen-bond donors (Lipinski definition) is 0. The van der Waals surface area contributed by atoms with Gasteiger partial charge in [-0.15, -0.1) is 11.3 Å². The van der Waals surface area contributed by atoms with E-state index in [1.807, 2.05) is 0 Å². The van der Waals surface area contributed by atoms with E-state index in [1.54, 1.807) is 11.3 Å². The van der Waals surface area contributed by atoms with Gasteiger partial charge in [-0.1, -0.05) is 13.0 Å². The first-order valence-electron chi connectivity index (χ1n) is 4.81. The van der Waals surface area contributed by atoms with Crippen LogP contribution in [0.1, 0.15) is 24.6 Å². The minimum Gasteiger partial charge on any atom is -0.469 e. The zero-order valence-electron chi connectivity index (χ0n) is 8.66. The van der Waals surface area contributed by atoms with Gasteiger partial charge in [0.25, 0.3) is 0 Å². The van der Waals surface area contributed by atoms with Crippen LogP contribution in [0.2, 0.25) is 0 Å². The maximum absolute atomic E-state index is 11.0. The fourth-order valence-corrected chi connectivity index (χ4v) is 2.04. The van der Waals surface area contributed by atoms with Crippen LogP contribution in [0.5, 0.6) is 0 Å². The summed E-state index contributed by atoms with van der Waals surface area (Å²) in [6.45, 7) is 2.09. The molecule has 0 aliphatic heterocycles. The van der Waals surface area contributed by atoms with Crippen LogP contribution in [0.15, 0.2) is 17.5 Å². The van der Waals surface area contributed by atoms with Crippen molar-refractivity contribution >= 4 is 17.3 Å². The second kappa shape index (κ2) is 5.81. The lowest BCUT2D eigenvalue weighted by atomic mass is 10.0. The van der Waals surface area contributed by atoms with Gasteiger partial charge in [-0.05, 0) is 30.2 Å². The molecule has 1 unspecified atom stereocenters. The molecule has 0 aliphatic rings. The molecule has 0 spiro atoms. The summed E-state index contributed by atoms with van der Waals surface area (Å²) in [5.74, 6) is 0.299. The van der Waals surface area contributed by atoms with Crippen LogP contribution in [0.3, 0.4) is 0 Å². The molecule has 78 valence electrons. The summed E-state index contributed by atoms with van der Waals surface area (Å²) in [6.07, 6.45) is 2.65. The Hall–Kier alpha value is -0.830. The number of rotatable bonds is 5. The maximum Gasteiger partial charge on any atom is 0.305 e. The molecule has 0 aliphatic carbocycles. The average molecular weight is 212 g/mol. The molecule has 0 saturated heterocycles. The van der Waals surface area contributed by atoms with Crippen LogP contribution < -0.4 is 0 Å². The summed E-state index contributed by atoms with van der Waals surface area (Å²) in [5.41, 5.74) is 0. The van der Waals surface area contributed by atoms with E-state index < -0.39 is 0 Å². The molecule has 0 amide bonds. The summed E-state index contributed by atoms with van der Waals surface area (Å²) in [7, 11) is 1.44. The first-order chi connectivity index (χ1) is 6.72. The van der Waals surface area contributed by atoms with Crippen LogP contribution in [0.25, 0.3) is 0 Å². The number of ether oxygens (including phenoxy) is 1. The first kappa shape index (κ1) is 11.2. The molecule has 0 radical (unpaired) electrons. The lowest BCUT2D eigenvalue weighted by molar-refractivity contribution is -0.141. The largest absolute Gasteiger partial charge is 0.469 e. The van der Waals surface area contributed by atoms with E-state index in [4.69, 9.17) is 0 Å². The van der Waals surface area contributed by atoms with Gasteiger partial charge in [0, 0.05) is 11.3 Å². The van der Waals surface area contributed by atoms with Crippen molar-refractivity contribution in [3.8, 4) is 0 Å². The maximum atomic E-state index is 11.0. The van der Waals surface area contributed by atoms with E-state index in [-0.39, 0.29) is 5.97 Å². The molecule has 0 fully saturated rings. The number of carbonyl (C=O) groups excluding carboxylic acids is 1. The summed E-state index contributed by atoms with van der Waals surface area (Å²) in [4.78, 5) is 12.4. The predicted molar refractivity (Wildman–Crippen MR) is 58.4 cm³/mol. The molecule has 0 bridgehead atoms. The van der Waals surface area contributed by atoms with Gasteiger partial charge >= 0.3 is 5.97 Å². The molecule has 1 rings (SSSR count). The van der Waals surface area contributed by atoms with Gasteiger partial charge in [-0.3, -0.25) is 4.79 Å². The van der Waals surface area contributed by atoms with Crippen molar-refractivity contribution in [2.24, 2.45) is 5.92 Å². The van der Waals surface area contributed by atoms with Crippen LogP contribution in [0, 0.1) is 5.92 Å². The standard InChI is InChI=1S/C11H16O2S/c1-9(8-11(12)13-2)5-6-10-4-3-7-14-10/h3-4,7,9H,5-6,8H2,1-2H3. The molecule has 0 aromatic carbocycles. The molecule has 2 nitrogen and oxygen atoms in total. The fourth-order valence-electron chi connectivity index (χ4n) is 1.31. The van der Waals surface area contributed by atoms with E-state index >= 15 is 0 Å². The van der Waals surface area contributed by atoms with E-state index in [0.717, 1.165) is 12.8 Å². The predicted octanol–water partition coefficient (Wildman–Crippen LogP) is 2.88. The second-order valence-electron chi connectivity index (χ2n) is 3.50. The number of esters is 1. The van der Waals surface area contributed by atoms with Crippen LogP contribution >= 0.6 is 11.3 Å². The highest BCUT2D eigenvalue weighted by Crippen LogP contribution is 2.16. The Balaban J connectivity index is 2.21. The Bertz CT molecular complexity index is 267. The normalized spacial score (nSPS) is 12.4. The summed E-state index contributed by atoms with van der Waals surface area (Å²) < 4.78 is 4.62. The molecule has 0 N–H and O–H groups in total. The topological polar surface area (TPSA) is 26.3 Å². The minimum absolute atomic E-state index is 0.108.